The third-order valence-corrected chi connectivity index (χ3v) is 8.52. The molecule has 1 fully saturated rings. The Morgan fingerprint density at radius 3 is 2.59 bits per heavy atom. The summed E-state index contributed by atoms with van der Waals surface area (Å²) in [5, 5.41) is 14.5. The lowest BCUT2D eigenvalue weighted by Gasteiger charge is -2.29. The highest BCUT2D eigenvalue weighted by Crippen LogP contribution is 2.36. The van der Waals surface area contributed by atoms with Gasteiger partial charge in [-0.1, -0.05) is 30.3 Å². The van der Waals surface area contributed by atoms with E-state index in [9.17, 15) is 9.59 Å². The van der Waals surface area contributed by atoms with E-state index in [-0.39, 0.29) is 35.3 Å². The molecule has 1 saturated heterocycles. The molecule has 0 radical (unpaired) electrons. The Kier molecular flexibility index (Phi) is 8.43. The predicted molar refractivity (Wildman–Crippen MR) is 170 cm³/mol. The van der Waals surface area contributed by atoms with Crippen molar-refractivity contribution in [2.75, 3.05) is 6.54 Å². The quantitative estimate of drug-likeness (QED) is 0.199. The van der Waals surface area contributed by atoms with Gasteiger partial charge in [-0.3, -0.25) is 4.79 Å². The molecule has 2 amide bonds. The van der Waals surface area contributed by atoms with Crippen molar-refractivity contribution in [2.24, 2.45) is 0 Å². The van der Waals surface area contributed by atoms with Crippen molar-refractivity contribution >= 4 is 23.3 Å². The molecule has 4 aromatic heterocycles. The summed E-state index contributed by atoms with van der Waals surface area (Å²) in [6, 6.07) is 12.8. The summed E-state index contributed by atoms with van der Waals surface area (Å²) in [5.41, 5.74) is 1.01. The number of oxazole rings is 1. The van der Waals surface area contributed by atoms with Crippen LogP contribution in [0.2, 0.25) is 0 Å². The molecule has 0 aliphatic carbocycles. The van der Waals surface area contributed by atoms with E-state index >= 15 is 0 Å². The van der Waals surface area contributed by atoms with Gasteiger partial charge in [0.2, 0.25) is 17.7 Å². The third-order valence-electron chi connectivity index (χ3n) is 7.45. The summed E-state index contributed by atoms with van der Waals surface area (Å²) in [6.07, 6.45) is 4.36. The summed E-state index contributed by atoms with van der Waals surface area (Å²) in [5.74, 6) is 0.297. The van der Waals surface area contributed by atoms with E-state index in [0.717, 1.165) is 29.1 Å². The minimum atomic E-state index is -1.12. The number of ether oxygens (including phenoxy) is 1. The molecule has 1 aromatic carbocycles. The van der Waals surface area contributed by atoms with Gasteiger partial charge in [0.15, 0.2) is 0 Å². The number of nitrogens with one attached hydrogen (secondary N) is 1. The summed E-state index contributed by atoms with van der Waals surface area (Å²) in [6.45, 7) is 9.71. The molecule has 0 spiro atoms. The van der Waals surface area contributed by atoms with Crippen LogP contribution in [0.3, 0.4) is 0 Å². The fourth-order valence-electron chi connectivity index (χ4n) is 5.43. The van der Waals surface area contributed by atoms with Crippen LogP contribution in [0.15, 0.2) is 69.1 Å². The number of likely N-dealkylation sites (tertiary alicyclic amines) is 1. The fraction of sp³-hybridized carbons (Fsp3) is 0.364. The lowest BCUT2D eigenvalue weighted by atomic mass is 9.92. The number of nitrogens with zero attached hydrogens (tertiary/aromatic N) is 6. The van der Waals surface area contributed by atoms with E-state index in [1.54, 1.807) is 51.2 Å². The average molecular weight is 642 g/mol. The highest BCUT2D eigenvalue weighted by molar-refractivity contribution is 7.09. The van der Waals surface area contributed by atoms with Crippen LogP contribution in [0, 0.1) is 6.92 Å². The highest BCUT2D eigenvalue weighted by atomic mass is 32.1. The van der Waals surface area contributed by atoms with Crippen molar-refractivity contribution in [1.82, 2.24) is 35.4 Å². The molecule has 0 bridgehead atoms. The molecule has 5 heterocycles. The molecule has 1 aliphatic rings. The second-order valence-electron chi connectivity index (χ2n) is 12.5. The predicted octanol–water partition coefficient (Wildman–Crippen LogP) is 6.51. The maximum atomic E-state index is 14.0. The zero-order chi connectivity index (χ0) is 32.5. The minimum Gasteiger partial charge on any atom is -0.444 e. The van der Waals surface area contributed by atoms with Gasteiger partial charge in [0.05, 0.1) is 12.2 Å². The molecular formula is C33H35N7O5S. The first-order valence-electron chi connectivity index (χ1n) is 15.0. The van der Waals surface area contributed by atoms with E-state index in [4.69, 9.17) is 13.6 Å². The third kappa shape index (κ3) is 6.84. The molecule has 12 nitrogen and oxygen atoms in total. The van der Waals surface area contributed by atoms with E-state index in [2.05, 4.69) is 30.5 Å². The van der Waals surface area contributed by atoms with Gasteiger partial charge in [-0.15, -0.1) is 21.5 Å². The number of hydrogen-bond donors (Lipinski definition) is 1. The lowest BCUT2D eigenvalue weighted by Crippen LogP contribution is -2.47. The first-order valence-corrected chi connectivity index (χ1v) is 15.9. The Morgan fingerprint density at radius 1 is 1.09 bits per heavy atom. The van der Waals surface area contributed by atoms with Crippen LogP contribution in [-0.4, -0.2) is 54.2 Å². The molecule has 238 valence electrons. The topological polar surface area (TPSA) is 149 Å². The van der Waals surface area contributed by atoms with Crippen molar-refractivity contribution in [1.29, 1.82) is 0 Å². The van der Waals surface area contributed by atoms with Gasteiger partial charge in [0.1, 0.15) is 33.8 Å². The van der Waals surface area contributed by atoms with Crippen LogP contribution in [0.1, 0.15) is 79.2 Å². The molecule has 6 rings (SSSR count). The van der Waals surface area contributed by atoms with Crippen LogP contribution in [0.5, 0.6) is 0 Å². The zero-order valence-corrected chi connectivity index (χ0v) is 27.1. The number of benzene rings is 1. The molecule has 46 heavy (non-hydrogen) atoms. The van der Waals surface area contributed by atoms with Gasteiger partial charge in [-0.05, 0) is 65.2 Å². The maximum Gasteiger partial charge on any atom is 0.408 e. The largest absolute Gasteiger partial charge is 0.444 e. The number of rotatable bonds is 8. The zero-order valence-electron chi connectivity index (χ0n) is 26.3. The van der Waals surface area contributed by atoms with Crippen molar-refractivity contribution in [3.05, 3.63) is 88.2 Å². The Labute approximate surface area is 270 Å². The number of aryl methyl sites for hydroxylation is 1. The van der Waals surface area contributed by atoms with Gasteiger partial charge in [0.25, 0.3) is 5.91 Å². The van der Waals surface area contributed by atoms with Gasteiger partial charge in [-0.2, -0.15) is 0 Å². The molecule has 1 N–H and O–H groups in total. The Balaban J connectivity index is 1.36. The van der Waals surface area contributed by atoms with Gasteiger partial charge in [0, 0.05) is 29.6 Å². The Morgan fingerprint density at radius 2 is 1.89 bits per heavy atom. The van der Waals surface area contributed by atoms with Crippen molar-refractivity contribution < 1.29 is 23.2 Å². The number of thiazole rings is 1. The highest BCUT2D eigenvalue weighted by Gasteiger charge is 2.37. The first-order chi connectivity index (χ1) is 22.0. The Hall–Kier alpha value is -4.91. The molecule has 5 aromatic rings. The monoisotopic (exact) mass is 641 g/mol. The van der Waals surface area contributed by atoms with E-state index in [0.29, 0.717) is 24.2 Å². The summed E-state index contributed by atoms with van der Waals surface area (Å²) >= 11 is 1.55. The summed E-state index contributed by atoms with van der Waals surface area (Å²) in [4.78, 5) is 42.3. The van der Waals surface area contributed by atoms with Crippen molar-refractivity contribution in [3.63, 3.8) is 0 Å². The number of hydrogen-bond acceptors (Lipinski definition) is 11. The molecule has 13 heteroatoms. The van der Waals surface area contributed by atoms with E-state index in [1.807, 2.05) is 47.5 Å². The number of alkyl carbamates (subject to hydrolysis) is 1. The van der Waals surface area contributed by atoms with Crippen molar-refractivity contribution in [3.8, 4) is 23.0 Å². The van der Waals surface area contributed by atoms with Crippen LogP contribution in [0.25, 0.3) is 23.0 Å². The SMILES string of the molecule is Cc1csc([C@H]2CCCN2C(=O)c2cc(-c3nnc([C@@](C)(Cc4ccccc4)NC(=O)OC(C)(C)C)o3)cc(-c3ncco3)n2)n1. The smallest absolute Gasteiger partial charge is 0.408 e. The first kappa shape index (κ1) is 31.1. The Bertz CT molecular complexity index is 1830. The van der Waals surface area contributed by atoms with Crippen LogP contribution in [0.4, 0.5) is 4.79 Å². The van der Waals surface area contributed by atoms with Crippen LogP contribution < -0.4 is 5.32 Å². The van der Waals surface area contributed by atoms with Crippen molar-refractivity contribution in [2.45, 2.75) is 71.1 Å². The fourth-order valence-corrected chi connectivity index (χ4v) is 6.37. The normalized spacial score (nSPS) is 16.3. The van der Waals surface area contributed by atoms with Gasteiger partial charge in [-0.25, -0.2) is 19.7 Å². The number of aromatic nitrogens is 5. The molecule has 1 aliphatic heterocycles. The standard InChI is InChI=1S/C33H35N7O5S/c1-20-19-46-28(35-20)25-12-9-14-40(25)29(41)24-17-22(16-23(36-24)27-34-13-15-43-27)26-38-39-30(44-26)33(5,18-21-10-7-6-8-11-21)37-31(42)45-32(2,3)4/h6-8,10-11,13,15-17,19,25H,9,12,14,18H2,1-5H3,(H,37,42)/t25-,33-/m1/s1. The number of amides is 2. The van der Waals surface area contributed by atoms with Crippen LogP contribution in [-0.2, 0) is 16.7 Å². The molecule has 0 unspecified atom stereocenters. The van der Waals surface area contributed by atoms with E-state index < -0.39 is 17.2 Å². The maximum absolute atomic E-state index is 14.0. The molecular weight excluding hydrogens is 606 g/mol. The minimum absolute atomic E-state index is 0.130. The summed E-state index contributed by atoms with van der Waals surface area (Å²) in [7, 11) is 0. The molecule has 0 saturated carbocycles. The lowest BCUT2D eigenvalue weighted by molar-refractivity contribution is 0.0443. The van der Waals surface area contributed by atoms with E-state index in [1.165, 1.54) is 12.5 Å². The number of carbonyl (C=O) groups excluding carboxylic acids is 2. The number of pyridine rings is 1. The van der Waals surface area contributed by atoms with Gasteiger partial charge < -0.3 is 23.8 Å². The second kappa shape index (κ2) is 12.5. The second-order valence-corrected chi connectivity index (χ2v) is 13.4. The summed E-state index contributed by atoms with van der Waals surface area (Å²) < 4.78 is 17.4. The van der Waals surface area contributed by atoms with Crippen LogP contribution >= 0.6 is 11.3 Å². The number of carbonyl (C=O) groups is 2. The average Bonchev–Trinajstić information content (AvgIpc) is 3.83. The molecule has 2 atom stereocenters. The van der Waals surface area contributed by atoms with Gasteiger partial charge >= 0.3 is 6.09 Å².